The number of fused-ring (bicyclic) bond motifs is 1. The monoisotopic (exact) mass is 478 g/mol. The van der Waals surface area contributed by atoms with E-state index in [4.69, 9.17) is 21.1 Å². The van der Waals surface area contributed by atoms with E-state index in [1.807, 2.05) is 18.2 Å². The molecule has 6 nitrogen and oxygen atoms in total. The van der Waals surface area contributed by atoms with Gasteiger partial charge < -0.3 is 29.9 Å². The first-order valence-electron chi connectivity index (χ1n) is 10.6. The summed E-state index contributed by atoms with van der Waals surface area (Å²) in [5.41, 5.74) is -0.869. The fraction of sp³-hybridized carbons (Fsp3) is 0.417. The number of hydrogen-bond donors (Lipinski definition) is 4. The van der Waals surface area contributed by atoms with Gasteiger partial charge in [0.2, 0.25) is 0 Å². The first kappa shape index (κ1) is 23.4. The van der Waals surface area contributed by atoms with Crippen LogP contribution in [-0.4, -0.2) is 58.6 Å². The summed E-state index contributed by atoms with van der Waals surface area (Å²) < 4.78 is 12.2. The zero-order chi connectivity index (χ0) is 22.9. The molecular weight excluding hydrogens is 452 g/mol. The number of aliphatic hydroxyl groups excluding tert-OH is 3. The quantitative estimate of drug-likeness (QED) is 0.416. The van der Waals surface area contributed by atoms with E-state index in [0.29, 0.717) is 23.6 Å². The Morgan fingerprint density at radius 3 is 2.75 bits per heavy atom. The molecule has 4 N–H and O–H groups in total. The molecule has 3 aromatic rings. The van der Waals surface area contributed by atoms with Crippen molar-refractivity contribution in [3.05, 3.63) is 63.5 Å². The topological polar surface area (TPSA) is 99.4 Å². The highest BCUT2D eigenvalue weighted by atomic mass is 35.5. The van der Waals surface area contributed by atoms with Crippen LogP contribution in [0.4, 0.5) is 0 Å². The number of benzene rings is 2. The van der Waals surface area contributed by atoms with E-state index in [9.17, 15) is 20.4 Å². The van der Waals surface area contributed by atoms with Gasteiger partial charge in [-0.25, -0.2) is 0 Å². The Hall–Kier alpha value is -1.71. The minimum Gasteiger partial charge on any atom is -0.494 e. The van der Waals surface area contributed by atoms with Gasteiger partial charge in [-0.3, -0.25) is 0 Å². The minimum atomic E-state index is -1.96. The molecule has 0 spiro atoms. The van der Waals surface area contributed by atoms with Crippen LogP contribution in [0.3, 0.4) is 0 Å². The van der Waals surface area contributed by atoms with Crippen molar-refractivity contribution in [2.24, 2.45) is 0 Å². The van der Waals surface area contributed by atoms with Crippen molar-refractivity contribution in [3.8, 4) is 5.75 Å². The van der Waals surface area contributed by atoms with E-state index in [1.54, 1.807) is 29.5 Å². The lowest BCUT2D eigenvalue weighted by Gasteiger charge is -2.45. The molecule has 0 saturated carbocycles. The van der Waals surface area contributed by atoms with Gasteiger partial charge in [-0.05, 0) is 53.3 Å². The summed E-state index contributed by atoms with van der Waals surface area (Å²) >= 11 is 8.10. The summed E-state index contributed by atoms with van der Waals surface area (Å²) in [5, 5.41) is 43.2. The maximum Gasteiger partial charge on any atom is 0.146 e. The van der Waals surface area contributed by atoms with Crippen LogP contribution >= 0.6 is 22.9 Å². The Bertz CT molecular complexity index is 1080. The van der Waals surface area contributed by atoms with Gasteiger partial charge in [-0.15, -0.1) is 11.3 Å². The first-order chi connectivity index (χ1) is 15.4. The van der Waals surface area contributed by atoms with Crippen LogP contribution in [0.2, 0.25) is 5.02 Å². The summed E-state index contributed by atoms with van der Waals surface area (Å²) in [6.45, 7) is 2.07. The fourth-order valence-electron chi connectivity index (χ4n) is 4.08. The van der Waals surface area contributed by atoms with Gasteiger partial charge >= 0.3 is 0 Å². The molecule has 1 aliphatic heterocycles. The molecule has 4 rings (SSSR count). The summed E-state index contributed by atoms with van der Waals surface area (Å²) in [4.78, 5) is 1.08. The second kappa shape index (κ2) is 9.65. The average Bonchev–Trinajstić information content (AvgIpc) is 3.19. The molecule has 0 aliphatic carbocycles. The molecule has 172 valence electrons. The maximum atomic E-state index is 11.3. The molecule has 0 bridgehead atoms. The highest BCUT2D eigenvalue weighted by Crippen LogP contribution is 2.38. The summed E-state index contributed by atoms with van der Waals surface area (Å²) in [7, 11) is 0. The van der Waals surface area contributed by atoms with Gasteiger partial charge in [0.15, 0.2) is 0 Å². The summed E-state index contributed by atoms with van der Waals surface area (Å²) in [6, 6.07) is 13.1. The maximum absolute atomic E-state index is 11.3. The average molecular weight is 479 g/mol. The van der Waals surface area contributed by atoms with Gasteiger partial charge in [0.1, 0.15) is 29.7 Å². The molecule has 32 heavy (non-hydrogen) atoms. The molecule has 0 unspecified atom stereocenters. The molecule has 2 aromatic carbocycles. The predicted molar refractivity (Wildman–Crippen MR) is 125 cm³/mol. The third kappa shape index (κ3) is 4.39. The van der Waals surface area contributed by atoms with Crippen LogP contribution in [0.1, 0.15) is 29.3 Å². The van der Waals surface area contributed by atoms with Crippen LogP contribution in [0.15, 0.2) is 42.5 Å². The molecule has 1 aliphatic rings. The van der Waals surface area contributed by atoms with Crippen molar-refractivity contribution >= 4 is 33.0 Å². The van der Waals surface area contributed by atoms with Crippen LogP contribution < -0.4 is 4.74 Å². The molecule has 4 atom stereocenters. The van der Waals surface area contributed by atoms with Gasteiger partial charge in [-0.1, -0.05) is 30.7 Å². The largest absolute Gasteiger partial charge is 0.494 e. The second-order valence-corrected chi connectivity index (χ2v) is 9.66. The van der Waals surface area contributed by atoms with Crippen molar-refractivity contribution in [1.29, 1.82) is 0 Å². The number of ether oxygens (including phenoxy) is 2. The Morgan fingerprint density at radius 2 is 2.00 bits per heavy atom. The van der Waals surface area contributed by atoms with E-state index in [2.05, 4.69) is 13.0 Å². The molecular formula is C24H27ClO6S. The standard InChI is InChI=1S/C24H27ClO6S/c1-2-7-30-17-5-3-14-9-18(32-21(14)11-17)10-15-8-16(4-6-19(15)25)24(29)22(12-26)31-13-20(27)23(24)28/h3-6,8-9,11,20,22-23,26-29H,2,7,10,12-13H2,1H3/t20-,22+,23+,24-/m0/s1. The second-order valence-electron chi connectivity index (χ2n) is 8.09. The van der Waals surface area contributed by atoms with Crippen LogP contribution in [0, 0.1) is 0 Å². The van der Waals surface area contributed by atoms with Crippen molar-refractivity contribution < 1.29 is 29.9 Å². The Balaban J connectivity index is 1.64. The normalized spacial score (nSPS) is 25.9. The van der Waals surface area contributed by atoms with E-state index < -0.39 is 30.5 Å². The third-order valence-corrected chi connectivity index (χ3v) is 7.30. The molecule has 8 heteroatoms. The highest BCUT2D eigenvalue weighted by molar-refractivity contribution is 7.19. The highest BCUT2D eigenvalue weighted by Gasteiger charge is 2.52. The molecule has 1 aromatic heterocycles. The van der Waals surface area contributed by atoms with Gasteiger partial charge in [0.25, 0.3) is 0 Å². The SMILES string of the molecule is CCCOc1ccc2cc(Cc3cc([C@@]4(O)[C@H](O)[C@@H](O)CO[C@@H]4CO)ccc3Cl)sc2c1. The summed E-state index contributed by atoms with van der Waals surface area (Å²) in [6.07, 6.45) is -2.37. The van der Waals surface area contributed by atoms with E-state index in [0.717, 1.165) is 32.7 Å². The number of rotatable bonds is 7. The molecule has 0 amide bonds. The lowest BCUT2D eigenvalue weighted by molar-refractivity contribution is -0.255. The molecule has 1 saturated heterocycles. The lowest BCUT2D eigenvalue weighted by atomic mass is 9.78. The van der Waals surface area contributed by atoms with Crippen molar-refractivity contribution in [2.45, 2.75) is 43.7 Å². The zero-order valence-corrected chi connectivity index (χ0v) is 19.3. The zero-order valence-electron chi connectivity index (χ0n) is 17.7. The van der Waals surface area contributed by atoms with E-state index >= 15 is 0 Å². The van der Waals surface area contributed by atoms with E-state index in [-0.39, 0.29) is 6.61 Å². The number of thiophene rings is 1. The van der Waals surface area contributed by atoms with Gasteiger partial charge in [0, 0.05) is 21.0 Å². The summed E-state index contributed by atoms with van der Waals surface area (Å²) in [5.74, 6) is 0.842. The van der Waals surface area contributed by atoms with Crippen LogP contribution in [0.25, 0.3) is 10.1 Å². The van der Waals surface area contributed by atoms with Gasteiger partial charge in [-0.2, -0.15) is 0 Å². The van der Waals surface area contributed by atoms with Crippen molar-refractivity contribution in [3.63, 3.8) is 0 Å². The third-order valence-electron chi connectivity index (χ3n) is 5.83. The predicted octanol–water partition coefficient (Wildman–Crippen LogP) is 3.23. The first-order valence-corrected chi connectivity index (χ1v) is 11.8. The lowest BCUT2D eigenvalue weighted by Crippen LogP contribution is -2.61. The van der Waals surface area contributed by atoms with Crippen molar-refractivity contribution in [1.82, 2.24) is 0 Å². The van der Waals surface area contributed by atoms with E-state index in [1.165, 1.54) is 0 Å². The molecule has 2 heterocycles. The van der Waals surface area contributed by atoms with Crippen LogP contribution in [0.5, 0.6) is 5.75 Å². The number of hydrogen-bond acceptors (Lipinski definition) is 7. The smallest absolute Gasteiger partial charge is 0.146 e. The van der Waals surface area contributed by atoms with Gasteiger partial charge in [0.05, 0.1) is 19.8 Å². The fourth-order valence-corrected chi connectivity index (χ4v) is 5.38. The molecule has 0 radical (unpaired) electrons. The van der Waals surface area contributed by atoms with Crippen LogP contribution in [-0.2, 0) is 16.8 Å². The molecule has 1 fully saturated rings. The Kier molecular flexibility index (Phi) is 7.07. The number of halogens is 1. The van der Waals surface area contributed by atoms with Crippen molar-refractivity contribution in [2.75, 3.05) is 19.8 Å². The minimum absolute atomic E-state index is 0.166. The Morgan fingerprint density at radius 1 is 1.19 bits per heavy atom. The Labute approximate surface area is 195 Å². The number of aliphatic hydroxyl groups is 4.